The van der Waals surface area contributed by atoms with E-state index in [-0.39, 0.29) is 27.2 Å². The molecular weight excluding hydrogens is 381 g/mol. The molecule has 0 aliphatic rings. The van der Waals surface area contributed by atoms with Gasteiger partial charge in [0.1, 0.15) is 16.4 Å². The van der Waals surface area contributed by atoms with Crippen LogP contribution in [-0.4, -0.2) is 21.7 Å². The number of hydrogen-bond donors (Lipinski definition) is 1. The van der Waals surface area contributed by atoms with Gasteiger partial charge < -0.3 is 4.42 Å². The van der Waals surface area contributed by atoms with E-state index < -0.39 is 11.6 Å². The maximum atomic E-state index is 13.5. The van der Waals surface area contributed by atoms with Gasteiger partial charge in [-0.1, -0.05) is 23.5 Å². The molecule has 3 aromatic heterocycles. The molecule has 1 aromatic carbocycles. The van der Waals surface area contributed by atoms with Crippen LogP contribution in [0.1, 0.15) is 25.6 Å². The largest absolute Gasteiger partial charge is 0.463 e. The zero-order valence-corrected chi connectivity index (χ0v) is 15.1. The van der Waals surface area contributed by atoms with Crippen molar-refractivity contribution in [1.82, 2.24) is 9.97 Å². The third kappa shape index (κ3) is 3.58. The van der Waals surface area contributed by atoms with E-state index in [1.807, 2.05) is 0 Å². The maximum absolute atomic E-state index is 13.5. The second kappa shape index (κ2) is 7.53. The molecule has 4 aromatic rings. The van der Waals surface area contributed by atoms with Crippen LogP contribution in [0.2, 0.25) is 0 Å². The molecule has 4 rings (SSSR count). The Hall–Kier alpha value is -3.65. The van der Waals surface area contributed by atoms with E-state index in [9.17, 15) is 14.0 Å². The number of aromatic nitrogens is 2. The summed E-state index contributed by atoms with van der Waals surface area (Å²) in [6, 6.07) is 11.9. The SMILES string of the molecule is O=C(Nc1nc(-c2ccco2)c(C(=O)c2cccc(F)c2)s1)c1ccncc1. The number of amides is 1. The number of hydrogen-bond acceptors (Lipinski definition) is 6. The summed E-state index contributed by atoms with van der Waals surface area (Å²) < 4.78 is 18.9. The lowest BCUT2D eigenvalue weighted by Crippen LogP contribution is -2.11. The molecule has 1 N–H and O–H groups in total. The van der Waals surface area contributed by atoms with E-state index in [2.05, 4.69) is 15.3 Å². The molecule has 0 saturated carbocycles. The Bertz CT molecular complexity index is 1140. The lowest BCUT2D eigenvalue weighted by molar-refractivity contribution is 0.102. The number of nitrogens with one attached hydrogen (secondary N) is 1. The van der Waals surface area contributed by atoms with Gasteiger partial charge in [-0.3, -0.25) is 19.9 Å². The number of carbonyl (C=O) groups is 2. The molecule has 0 unspecified atom stereocenters. The first-order chi connectivity index (χ1) is 13.6. The first-order valence-corrected chi connectivity index (χ1v) is 9.00. The van der Waals surface area contributed by atoms with Crippen molar-refractivity contribution in [2.75, 3.05) is 5.32 Å². The molecule has 3 heterocycles. The minimum Gasteiger partial charge on any atom is -0.463 e. The molecule has 138 valence electrons. The smallest absolute Gasteiger partial charge is 0.257 e. The lowest BCUT2D eigenvalue weighted by atomic mass is 10.1. The van der Waals surface area contributed by atoms with Gasteiger partial charge in [0.25, 0.3) is 5.91 Å². The molecule has 0 aliphatic carbocycles. The first-order valence-electron chi connectivity index (χ1n) is 8.18. The molecule has 0 bridgehead atoms. The van der Waals surface area contributed by atoms with Crippen molar-refractivity contribution in [3.05, 3.63) is 89.0 Å². The topological polar surface area (TPSA) is 85.1 Å². The van der Waals surface area contributed by atoms with Gasteiger partial charge >= 0.3 is 0 Å². The van der Waals surface area contributed by atoms with Crippen molar-refractivity contribution >= 4 is 28.2 Å². The average Bonchev–Trinajstić information content (AvgIpc) is 3.38. The van der Waals surface area contributed by atoms with E-state index in [0.29, 0.717) is 11.3 Å². The Morgan fingerprint density at radius 1 is 1.04 bits per heavy atom. The first kappa shape index (κ1) is 17.7. The molecule has 8 heteroatoms. The molecule has 0 radical (unpaired) electrons. The van der Waals surface area contributed by atoms with Gasteiger partial charge in [-0.2, -0.15) is 0 Å². The monoisotopic (exact) mass is 393 g/mol. The van der Waals surface area contributed by atoms with Crippen LogP contribution < -0.4 is 5.32 Å². The van der Waals surface area contributed by atoms with Gasteiger partial charge in [0, 0.05) is 23.5 Å². The van der Waals surface area contributed by atoms with Gasteiger partial charge in [-0.05, 0) is 36.4 Å². The van der Waals surface area contributed by atoms with Crippen LogP contribution in [0, 0.1) is 5.82 Å². The zero-order chi connectivity index (χ0) is 19.5. The summed E-state index contributed by atoms with van der Waals surface area (Å²) in [7, 11) is 0. The van der Waals surface area contributed by atoms with E-state index in [1.165, 1.54) is 36.9 Å². The van der Waals surface area contributed by atoms with Crippen LogP contribution in [-0.2, 0) is 0 Å². The highest BCUT2D eigenvalue weighted by molar-refractivity contribution is 7.18. The number of anilines is 1. The van der Waals surface area contributed by atoms with Gasteiger partial charge in [0.15, 0.2) is 10.9 Å². The fourth-order valence-corrected chi connectivity index (χ4v) is 3.47. The predicted molar refractivity (Wildman–Crippen MR) is 102 cm³/mol. The summed E-state index contributed by atoms with van der Waals surface area (Å²) in [5.74, 6) is -0.929. The predicted octanol–water partition coefficient (Wildman–Crippen LogP) is 4.42. The second-order valence-corrected chi connectivity index (χ2v) is 6.70. The number of nitrogens with zero attached hydrogens (tertiary/aromatic N) is 2. The lowest BCUT2D eigenvalue weighted by Gasteiger charge is -2.00. The minimum absolute atomic E-state index is 0.184. The molecule has 0 aliphatic heterocycles. The summed E-state index contributed by atoms with van der Waals surface area (Å²) in [4.78, 5) is 33.8. The molecule has 0 saturated heterocycles. The third-order valence-corrected chi connectivity index (χ3v) is 4.81. The van der Waals surface area contributed by atoms with Crippen molar-refractivity contribution in [1.29, 1.82) is 0 Å². The Kier molecular flexibility index (Phi) is 4.77. The molecule has 0 fully saturated rings. The average molecular weight is 393 g/mol. The summed E-state index contributed by atoms with van der Waals surface area (Å²) >= 11 is 0.999. The van der Waals surface area contributed by atoms with Crippen molar-refractivity contribution in [3.8, 4) is 11.5 Å². The van der Waals surface area contributed by atoms with Crippen LogP contribution in [0.3, 0.4) is 0 Å². The third-order valence-electron chi connectivity index (χ3n) is 3.84. The summed E-state index contributed by atoms with van der Waals surface area (Å²) in [6.07, 6.45) is 4.47. The van der Waals surface area contributed by atoms with Crippen LogP contribution in [0.25, 0.3) is 11.5 Å². The van der Waals surface area contributed by atoms with Gasteiger partial charge in [-0.15, -0.1) is 0 Å². The van der Waals surface area contributed by atoms with Crippen molar-refractivity contribution < 1.29 is 18.4 Å². The number of benzene rings is 1. The summed E-state index contributed by atoms with van der Waals surface area (Å²) in [5.41, 5.74) is 0.875. The van der Waals surface area contributed by atoms with E-state index in [1.54, 1.807) is 24.3 Å². The second-order valence-electron chi connectivity index (χ2n) is 5.70. The number of carbonyl (C=O) groups excluding carboxylic acids is 2. The fraction of sp³-hybridized carbons (Fsp3) is 0. The van der Waals surface area contributed by atoms with E-state index >= 15 is 0 Å². The van der Waals surface area contributed by atoms with Crippen LogP contribution in [0.4, 0.5) is 9.52 Å². The van der Waals surface area contributed by atoms with Crippen molar-refractivity contribution in [2.45, 2.75) is 0 Å². The van der Waals surface area contributed by atoms with Crippen LogP contribution in [0.5, 0.6) is 0 Å². The van der Waals surface area contributed by atoms with Crippen molar-refractivity contribution in [2.24, 2.45) is 0 Å². The van der Waals surface area contributed by atoms with E-state index in [0.717, 1.165) is 17.4 Å². The van der Waals surface area contributed by atoms with Gasteiger partial charge in [-0.25, -0.2) is 9.37 Å². The highest BCUT2D eigenvalue weighted by Gasteiger charge is 2.23. The number of thiazole rings is 1. The highest BCUT2D eigenvalue weighted by Crippen LogP contribution is 2.33. The maximum Gasteiger partial charge on any atom is 0.257 e. The fourth-order valence-electron chi connectivity index (χ4n) is 2.54. The molecule has 6 nitrogen and oxygen atoms in total. The summed E-state index contributed by atoms with van der Waals surface area (Å²) in [6.45, 7) is 0. The van der Waals surface area contributed by atoms with Gasteiger partial charge in [0.05, 0.1) is 6.26 Å². The Morgan fingerprint density at radius 2 is 1.86 bits per heavy atom. The summed E-state index contributed by atoms with van der Waals surface area (Å²) in [5, 5.41) is 2.90. The van der Waals surface area contributed by atoms with Crippen molar-refractivity contribution in [3.63, 3.8) is 0 Å². The molecular formula is C20H12FN3O3S. The number of ketones is 1. The molecule has 0 spiro atoms. The Morgan fingerprint density at radius 3 is 2.57 bits per heavy atom. The Balaban J connectivity index is 1.71. The number of halogens is 1. The number of furan rings is 1. The molecule has 1 amide bonds. The number of rotatable bonds is 5. The van der Waals surface area contributed by atoms with Gasteiger partial charge in [0.2, 0.25) is 5.78 Å². The number of pyridine rings is 1. The zero-order valence-electron chi connectivity index (χ0n) is 14.3. The highest BCUT2D eigenvalue weighted by atomic mass is 32.1. The minimum atomic E-state index is -0.513. The quantitative estimate of drug-likeness (QED) is 0.507. The molecule has 28 heavy (non-hydrogen) atoms. The normalized spacial score (nSPS) is 10.6. The molecule has 0 atom stereocenters. The van der Waals surface area contributed by atoms with Crippen LogP contribution >= 0.6 is 11.3 Å². The van der Waals surface area contributed by atoms with E-state index in [4.69, 9.17) is 4.42 Å². The Labute approximate surface area is 162 Å². The van der Waals surface area contributed by atoms with Crippen LogP contribution in [0.15, 0.2) is 71.6 Å². The standard InChI is InChI=1S/C20H12FN3O3S/c21-14-4-1-3-13(11-14)17(25)18-16(15-5-2-10-27-15)23-20(28-18)24-19(26)12-6-8-22-9-7-12/h1-11H,(H,23,24,26).